The maximum absolute atomic E-state index is 11.8. The highest BCUT2D eigenvalue weighted by molar-refractivity contribution is 6.30. The minimum atomic E-state index is -0.229. The first-order valence-electron chi connectivity index (χ1n) is 6.66. The van der Waals surface area contributed by atoms with E-state index in [-0.39, 0.29) is 12.1 Å². The van der Waals surface area contributed by atoms with Crippen LogP contribution in [0.4, 0.5) is 4.79 Å². The Morgan fingerprint density at radius 2 is 2.29 bits per heavy atom. The number of nitrogens with one attached hydrogen (secondary N) is 2. The van der Waals surface area contributed by atoms with Crippen LogP contribution in [0, 0.1) is 0 Å². The number of rotatable bonds is 5. The van der Waals surface area contributed by atoms with Crippen LogP contribution in [0.1, 0.15) is 18.3 Å². The molecule has 6 nitrogen and oxygen atoms in total. The van der Waals surface area contributed by atoms with Crippen molar-refractivity contribution in [3.63, 3.8) is 0 Å². The first kappa shape index (κ1) is 15.3. The first-order chi connectivity index (χ1) is 10.0. The molecule has 2 amide bonds. The lowest BCUT2D eigenvalue weighted by Gasteiger charge is -2.14. The summed E-state index contributed by atoms with van der Waals surface area (Å²) in [7, 11) is 1.78. The average molecular weight is 308 g/mol. The van der Waals surface area contributed by atoms with E-state index in [1.54, 1.807) is 11.7 Å². The largest absolute Gasteiger partial charge is 0.335 e. The van der Waals surface area contributed by atoms with Crippen LogP contribution in [0.2, 0.25) is 5.02 Å². The van der Waals surface area contributed by atoms with E-state index >= 15 is 0 Å². The van der Waals surface area contributed by atoms with Gasteiger partial charge in [0.1, 0.15) is 12.2 Å². The minimum absolute atomic E-state index is 0.00274. The number of hydrogen-bond donors (Lipinski definition) is 2. The van der Waals surface area contributed by atoms with E-state index in [4.69, 9.17) is 11.6 Å². The van der Waals surface area contributed by atoms with Gasteiger partial charge in [-0.3, -0.25) is 4.68 Å². The van der Waals surface area contributed by atoms with Crippen molar-refractivity contribution in [1.82, 2.24) is 25.4 Å². The Kier molecular flexibility index (Phi) is 5.16. The number of aryl methyl sites for hydroxylation is 1. The van der Waals surface area contributed by atoms with Crippen molar-refractivity contribution in [1.29, 1.82) is 0 Å². The summed E-state index contributed by atoms with van der Waals surface area (Å²) < 4.78 is 1.62. The number of benzene rings is 1. The molecule has 112 valence electrons. The van der Waals surface area contributed by atoms with Crippen LogP contribution in [-0.2, 0) is 20.0 Å². The molecule has 7 heteroatoms. The third kappa shape index (κ3) is 4.75. The van der Waals surface area contributed by atoms with Crippen LogP contribution in [0.25, 0.3) is 0 Å². The Morgan fingerprint density at radius 3 is 2.95 bits per heavy atom. The highest BCUT2D eigenvalue weighted by Crippen LogP contribution is 2.12. The lowest BCUT2D eigenvalue weighted by molar-refractivity contribution is 0.237. The predicted octanol–water partition coefficient (Wildman–Crippen LogP) is 1.90. The lowest BCUT2D eigenvalue weighted by Crippen LogP contribution is -2.41. The van der Waals surface area contributed by atoms with Crippen molar-refractivity contribution in [3.05, 3.63) is 47.0 Å². The van der Waals surface area contributed by atoms with Crippen LogP contribution in [0.3, 0.4) is 0 Å². The zero-order chi connectivity index (χ0) is 15.2. The van der Waals surface area contributed by atoms with Crippen LogP contribution in [0.15, 0.2) is 30.6 Å². The monoisotopic (exact) mass is 307 g/mol. The number of nitrogens with zero attached hydrogens (tertiary/aromatic N) is 3. The maximum Gasteiger partial charge on any atom is 0.315 e. The van der Waals surface area contributed by atoms with Gasteiger partial charge < -0.3 is 10.6 Å². The van der Waals surface area contributed by atoms with Crippen LogP contribution in [-0.4, -0.2) is 26.8 Å². The Balaban J connectivity index is 1.78. The smallest absolute Gasteiger partial charge is 0.315 e. The van der Waals surface area contributed by atoms with Crippen molar-refractivity contribution >= 4 is 17.6 Å². The molecule has 2 rings (SSSR count). The topological polar surface area (TPSA) is 71.8 Å². The van der Waals surface area contributed by atoms with Crippen molar-refractivity contribution in [2.24, 2.45) is 7.05 Å². The normalized spacial score (nSPS) is 12.0. The summed E-state index contributed by atoms with van der Waals surface area (Å²) in [4.78, 5) is 15.9. The minimum Gasteiger partial charge on any atom is -0.335 e. The van der Waals surface area contributed by atoms with Gasteiger partial charge in [0.05, 0.1) is 6.54 Å². The van der Waals surface area contributed by atoms with Gasteiger partial charge in [0.25, 0.3) is 0 Å². The van der Waals surface area contributed by atoms with E-state index < -0.39 is 0 Å². The molecule has 2 N–H and O–H groups in total. The van der Waals surface area contributed by atoms with E-state index in [0.29, 0.717) is 17.4 Å². The molecule has 1 aromatic heterocycles. The van der Waals surface area contributed by atoms with Gasteiger partial charge in [-0.1, -0.05) is 23.7 Å². The summed E-state index contributed by atoms with van der Waals surface area (Å²) >= 11 is 5.94. The molecule has 0 radical (unpaired) electrons. The Labute approximate surface area is 128 Å². The van der Waals surface area contributed by atoms with E-state index in [1.807, 2.05) is 31.2 Å². The van der Waals surface area contributed by atoms with Gasteiger partial charge in [0.15, 0.2) is 0 Å². The fourth-order valence-electron chi connectivity index (χ4n) is 1.98. The Hall–Kier alpha value is -2.08. The van der Waals surface area contributed by atoms with Crippen LogP contribution < -0.4 is 10.6 Å². The van der Waals surface area contributed by atoms with E-state index in [0.717, 1.165) is 12.0 Å². The summed E-state index contributed by atoms with van der Waals surface area (Å²) in [6.45, 7) is 2.29. The van der Waals surface area contributed by atoms with Gasteiger partial charge in [-0.25, -0.2) is 9.78 Å². The van der Waals surface area contributed by atoms with E-state index in [2.05, 4.69) is 20.7 Å². The zero-order valence-electron chi connectivity index (χ0n) is 12.0. The van der Waals surface area contributed by atoms with Crippen molar-refractivity contribution in [3.8, 4) is 0 Å². The number of carbonyl (C=O) groups excluding carboxylic acids is 1. The molecular formula is C14H18ClN5O. The number of amides is 2. The first-order valence-corrected chi connectivity index (χ1v) is 7.04. The quantitative estimate of drug-likeness (QED) is 0.886. The highest BCUT2D eigenvalue weighted by atomic mass is 35.5. The number of halogens is 1. The fourth-order valence-corrected chi connectivity index (χ4v) is 2.20. The second-order valence-corrected chi connectivity index (χ2v) is 5.30. The van der Waals surface area contributed by atoms with Crippen molar-refractivity contribution < 1.29 is 4.79 Å². The molecule has 0 saturated carbocycles. The van der Waals surface area contributed by atoms with E-state index in [9.17, 15) is 4.79 Å². The third-order valence-corrected chi connectivity index (χ3v) is 3.26. The van der Waals surface area contributed by atoms with Crippen molar-refractivity contribution in [2.75, 3.05) is 0 Å². The molecule has 0 aliphatic rings. The molecule has 1 heterocycles. The molecule has 0 spiro atoms. The second-order valence-electron chi connectivity index (χ2n) is 4.86. The second kappa shape index (κ2) is 7.08. The lowest BCUT2D eigenvalue weighted by atomic mass is 10.1. The van der Waals surface area contributed by atoms with Gasteiger partial charge in [-0.2, -0.15) is 5.10 Å². The maximum atomic E-state index is 11.8. The molecule has 1 atom stereocenters. The molecule has 21 heavy (non-hydrogen) atoms. The number of urea groups is 1. The number of aromatic nitrogens is 3. The van der Waals surface area contributed by atoms with Gasteiger partial charge in [-0.15, -0.1) is 0 Å². The van der Waals surface area contributed by atoms with Gasteiger partial charge in [0.2, 0.25) is 0 Å². The molecule has 0 saturated heterocycles. The number of carbonyl (C=O) groups is 1. The zero-order valence-corrected chi connectivity index (χ0v) is 12.8. The average Bonchev–Trinajstić information content (AvgIpc) is 2.81. The summed E-state index contributed by atoms with van der Waals surface area (Å²) in [5.74, 6) is 0.702. The summed E-state index contributed by atoms with van der Waals surface area (Å²) in [5.41, 5.74) is 1.09. The molecule has 0 fully saturated rings. The fraction of sp³-hybridized carbons (Fsp3) is 0.357. The van der Waals surface area contributed by atoms with Crippen LogP contribution >= 0.6 is 11.6 Å². The standard InChI is InChI=1S/C14H18ClN5O/c1-10(6-11-4-3-5-12(15)7-11)19-14(21)16-8-13-17-9-18-20(13)2/h3-5,7,9-10H,6,8H2,1-2H3,(H2,16,19,21)/t10-/m0/s1. The highest BCUT2D eigenvalue weighted by Gasteiger charge is 2.09. The summed E-state index contributed by atoms with van der Waals surface area (Å²) in [6, 6.07) is 7.39. The Morgan fingerprint density at radius 1 is 1.48 bits per heavy atom. The molecule has 1 aromatic carbocycles. The summed E-state index contributed by atoms with van der Waals surface area (Å²) in [5, 5.41) is 10.3. The number of hydrogen-bond acceptors (Lipinski definition) is 3. The molecule has 0 aliphatic heterocycles. The predicted molar refractivity (Wildman–Crippen MR) is 81.0 cm³/mol. The van der Waals surface area contributed by atoms with Gasteiger partial charge >= 0.3 is 6.03 Å². The van der Waals surface area contributed by atoms with Crippen molar-refractivity contribution in [2.45, 2.75) is 25.9 Å². The molecule has 2 aromatic rings. The third-order valence-electron chi connectivity index (χ3n) is 3.02. The summed E-state index contributed by atoms with van der Waals surface area (Å²) in [6.07, 6.45) is 2.18. The SMILES string of the molecule is C[C@@H](Cc1cccc(Cl)c1)NC(=O)NCc1ncnn1C. The Bertz CT molecular complexity index is 613. The van der Waals surface area contributed by atoms with Gasteiger partial charge in [0, 0.05) is 18.1 Å². The molecule has 0 bridgehead atoms. The van der Waals surface area contributed by atoms with Gasteiger partial charge in [-0.05, 0) is 31.0 Å². The molecule has 0 unspecified atom stereocenters. The molecule has 0 aliphatic carbocycles. The van der Waals surface area contributed by atoms with Crippen LogP contribution in [0.5, 0.6) is 0 Å². The van der Waals surface area contributed by atoms with E-state index in [1.165, 1.54) is 6.33 Å². The molecular weight excluding hydrogens is 290 g/mol.